The van der Waals surface area contributed by atoms with E-state index in [2.05, 4.69) is 19.9 Å². The molecule has 1 aromatic rings. The van der Waals surface area contributed by atoms with Gasteiger partial charge in [0.15, 0.2) is 5.11 Å². The second kappa shape index (κ2) is 8.54. The van der Waals surface area contributed by atoms with Gasteiger partial charge in [0, 0.05) is 13.0 Å². The zero-order valence-electron chi connectivity index (χ0n) is 15.9. The van der Waals surface area contributed by atoms with Crippen molar-refractivity contribution in [1.82, 2.24) is 15.5 Å². The third-order valence-electron chi connectivity index (χ3n) is 5.48. The lowest BCUT2D eigenvalue weighted by Crippen LogP contribution is -2.54. The predicted molar refractivity (Wildman–Crippen MR) is 109 cm³/mol. The van der Waals surface area contributed by atoms with E-state index in [0.717, 1.165) is 37.9 Å². The molecule has 10 heteroatoms. The lowest BCUT2D eigenvalue weighted by Gasteiger charge is -2.35. The number of carbonyl (C=O) groups excluding carboxylic acids is 1. The smallest absolute Gasteiger partial charge is 0.316 e. The largest absolute Gasteiger partial charge is 0.494 e. The molecule has 0 radical (unpaired) electrons. The van der Waals surface area contributed by atoms with Crippen LogP contribution in [0.4, 0.5) is 5.69 Å². The molecule has 8 nitrogen and oxygen atoms in total. The monoisotopic (exact) mass is 424 g/mol. The van der Waals surface area contributed by atoms with Crippen LogP contribution in [0.15, 0.2) is 22.6 Å². The third kappa shape index (κ3) is 4.03. The van der Waals surface area contributed by atoms with Gasteiger partial charge in [0.05, 0.1) is 7.11 Å². The fourth-order valence-corrected chi connectivity index (χ4v) is 4.43. The van der Waals surface area contributed by atoms with Crippen molar-refractivity contribution in [2.24, 2.45) is 4.36 Å². The van der Waals surface area contributed by atoms with Gasteiger partial charge in [0.2, 0.25) is 5.91 Å². The first-order chi connectivity index (χ1) is 13.4. The van der Waals surface area contributed by atoms with Crippen LogP contribution in [0.3, 0.4) is 0 Å². The molecule has 1 amide bonds. The van der Waals surface area contributed by atoms with Crippen molar-refractivity contribution in [2.45, 2.75) is 37.1 Å². The summed E-state index contributed by atoms with van der Waals surface area (Å²) >= 11 is 5.12. The van der Waals surface area contributed by atoms with Gasteiger partial charge in [-0.1, -0.05) is 12.5 Å². The van der Waals surface area contributed by atoms with E-state index in [1.54, 1.807) is 19.2 Å². The Labute approximate surface area is 171 Å². The summed E-state index contributed by atoms with van der Waals surface area (Å²) in [7, 11) is 0.538. The van der Waals surface area contributed by atoms with Gasteiger partial charge in [0.25, 0.3) is 0 Å². The van der Waals surface area contributed by atoms with E-state index in [0.29, 0.717) is 17.3 Å². The molecule has 1 aliphatic carbocycles. The average Bonchev–Trinajstić information content (AvgIpc) is 3.45. The van der Waals surface area contributed by atoms with Crippen LogP contribution in [-0.2, 0) is 15.3 Å². The number of likely N-dealkylation sites (tertiary alicyclic amines) is 1. The highest BCUT2D eigenvalue weighted by molar-refractivity contribution is 7.80. The Morgan fingerprint density at radius 2 is 2.04 bits per heavy atom. The van der Waals surface area contributed by atoms with Gasteiger partial charge < -0.3 is 15.4 Å². The minimum Gasteiger partial charge on any atom is -0.494 e. The summed E-state index contributed by atoms with van der Waals surface area (Å²) < 4.78 is 30.9. The number of piperidine rings is 1. The molecule has 1 heterocycles. The highest BCUT2D eigenvalue weighted by Crippen LogP contribution is 2.57. The molecule has 2 N–H and O–H groups in total. The van der Waals surface area contributed by atoms with Gasteiger partial charge >= 0.3 is 10.5 Å². The highest BCUT2D eigenvalue weighted by Gasteiger charge is 2.64. The minimum atomic E-state index is -2.59. The number of amides is 1. The highest BCUT2D eigenvalue weighted by atomic mass is 32.2. The minimum absolute atomic E-state index is 0.0646. The first-order valence-corrected chi connectivity index (χ1v) is 10.6. The molecule has 28 heavy (non-hydrogen) atoms. The molecule has 0 aromatic heterocycles. The molecule has 0 spiro atoms. The molecule has 2 fully saturated rings. The summed E-state index contributed by atoms with van der Waals surface area (Å²) in [5.74, 6) is 0.184. The number of hydrogen-bond donors (Lipinski definition) is 2. The van der Waals surface area contributed by atoms with E-state index in [9.17, 15) is 13.2 Å². The maximum Gasteiger partial charge on any atom is 0.316 e. The van der Waals surface area contributed by atoms with Crippen molar-refractivity contribution in [3.8, 4) is 5.75 Å². The number of nitrogens with zero attached hydrogens (tertiary/aromatic N) is 2. The first kappa shape index (κ1) is 20.7. The summed E-state index contributed by atoms with van der Waals surface area (Å²) in [6, 6.07) is 5.25. The fourth-order valence-electron chi connectivity index (χ4n) is 4.03. The lowest BCUT2D eigenvalue weighted by atomic mass is 10.00. The van der Waals surface area contributed by atoms with Gasteiger partial charge in [-0.2, -0.15) is 8.42 Å². The fraction of sp³-hybridized carbons (Fsp3) is 0.556. The van der Waals surface area contributed by atoms with Gasteiger partial charge in [0.1, 0.15) is 17.0 Å². The number of benzene rings is 1. The van der Waals surface area contributed by atoms with E-state index in [-0.39, 0.29) is 17.5 Å². The van der Waals surface area contributed by atoms with Crippen LogP contribution >= 0.6 is 12.2 Å². The standard InChI is InChI=1S/C18H24N4O4S2/c1-19-17(27)20-16(23)18(22-8-4-3-5-9-22)11-13(18)12-6-7-15(26-2)14(10-12)21-28(24)25/h6-7,10,13H,3-5,8-9,11H2,1-2H3,(H2,19,20,23,27). The van der Waals surface area contributed by atoms with Crippen LogP contribution in [0.5, 0.6) is 5.75 Å². The quantitative estimate of drug-likeness (QED) is 0.694. The molecular weight excluding hydrogens is 400 g/mol. The summed E-state index contributed by atoms with van der Waals surface area (Å²) in [5.41, 5.74) is 0.420. The van der Waals surface area contributed by atoms with Gasteiger partial charge in [-0.15, -0.1) is 4.36 Å². The Morgan fingerprint density at radius 3 is 2.64 bits per heavy atom. The number of nitrogens with one attached hydrogen (secondary N) is 2. The van der Waals surface area contributed by atoms with Crippen molar-refractivity contribution in [3.63, 3.8) is 0 Å². The number of hydrogen-bond acceptors (Lipinski definition) is 7. The maximum absolute atomic E-state index is 13.1. The molecule has 1 saturated heterocycles. The van der Waals surface area contributed by atoms with Crippen LogP contribution in [0.2, 0.25) is 0 Å². The first-order valence-electron chi connectivity index (χ1n) is 9.19. The number of carbonyl (C=O) groups is 1. The molecule has 2 atom stereocenters. The summed E-state index contributed by atoms with van der Waals surface area (Å²) in [5, 5.41) is 5.86. The van der Waals surface area contributed by atoms with E-state index in [4.69, 9.17) is 17.0 Å². The summed E-state index contributed by atoms with van der Waals surface area (Å²) in [6.45, 7) is 1.71. The molecule has 152 valence electrons. The molecule has 1 saturated carbocycles. The van der Waals surface area contributed by atoms with Crippen LogP contribution in [0.25, 0.3) is 0 Å². The number of ether oxygens (including phenoxy) is 1. The van der Waals surface area contributed by atoms with Crippen LogP contribution in [0, 0.1) is 0 Å². The van der Waals surface area contributed by atoms with Crippen molar-refractivity contribution < 1.29 is 17.9 Å². The van der Waals surface area contributed by atoms with Crippen LogP contribution in [-0.4, -0.2) is 57.1 Å². The van der Waals surface area contributed by atoms with Gasteiger partial charge in [-0.05, 0) is 62.3 Å². The SMILES string of the molecule is CNC(=S)NC(=O)C1(N2CCCCC2)CC1c1ccc(OC)c(N=S(=O)=O)c1. The topological polar surface area (TPSA) is 100 Å². The third-order valence-corrected chi connectivity index (χ3v) is 6.13. The Bertz CT molecular complexity index is 904. The maximum atomic E-state index is 13.1. The van der Waals surface area contributed by atoms with Gasteiger partial charge in [-0.3, -0.25) is 9.69 Å². The van der Waals surface area contributed by atoms with Crippen molar-refractivity contribution in [1.29, 1.82) is 0 Å². The Balaban J connectivity index is 1.95. The second-order valence-electron chi connectivity index (χ2n) is 7.00. The zero-order chi connectivity index (χ0) is 20.3. The van der Waals surface area contributed by atoms with Gasteiger partial charge in [-0.25, -0.2) is 0 Å². The van der Waals surface area contributed by atoms with E-state index in [1.807, 2.05) is 6.07 Å². The van der Waals surface area contributed by atoms with Crippen molar-refractivity contribution in [3.05, 3.63) is 23.8 Å². The summed E-state index contributed by atoms with van der Waals surface area (Å²) in [6.07, 6.45) is 3.92. The molecule has 1 aliphatic heterocycles. The lowest BCUT2D eigenvalue weighted by molar-refractivity contribution is -0.127. The predicted octanol–water partition coefficient (Wildman–Crippen LogP) is 1.72. The molecule has 2 aliphatic rings. The molecule has 2 unspecified atom stereocenters. The van der Waals surface area contributed by atoms with Crippen molar-refractivity contribution >= 4 is 39.4 Å². The molecule has 3 rings (SSSR count). The molecule has 0 bridgehead atoms. The zero-order valence-corrected chi connectivity index (χ0v) is 17.5. The Hall–Kier alpha value is -2.04. The van der Waals surface area contributed by atoms with Crippen molar-refractivity contribution in [2.75, 3.05) is 27.2 Å². The van der Waals surface area contributed by atoms with Crippen LogP contribution < -0.4 is 15.4 Å². The van der Waals surface area contributed by atoms with E-state index >= 15 is 0 Å². The number of rotatable bonds is 5. The Morgan fingerprint density at radius 1 is 1.32 bits per heavy atom. The van der Waals surface area contributed by atoms with Crippen LogP contribution in [0.1, 0.15) is 37.2 Å². The summed E-state index contributed by atoms with van der Waals surface area (Å²) in [4.78, 5) is 15.4. The molecular formula is C18H24N4O4S2. The Kier molecular flexibility index (Phi) is 6.31. The normalized spacial score (nSPS) is 24.1. The van der Waals surface area contributed by atoms with E-state index < -0.39 is 16.0 Å². The number of thiocarbonyl (C=S) groups is 1. The average molecular weight is 425 g/mol. The van der Waals surface area contributed by atoms with E-state index in [1.165, 1.54) is 7.11 Å². The second-order valence-corrected chi connectivity index (χ2v) is 8.03. The number of methoxy groups -OCH3 is 1. The molecule has 1 aromatic carbocycles.